The molecule has 0 fully saturated rings. The molecule has 0 aliphatic heterocycles. The van der Waals surface area contributed by atoms with E-state index in [-0.39, 0.29) is 11.6 Å². The lowest BCUT2D eigenvalue weighted by molar-refractivity contribution is 0.531. The summed E-state index contributed by atoms with van der Waals surface area (Å²) in [5.41, 5.74) is 3.11. The molecule has 0 aliphatic rings. The van der Waals surface area contributed by atoms with Crippen LogP contribution in [0, 0.1) is 10.6 Å². The number of pyridine rings is 1. The van der Waals surface area contributed by atoms with Gasteiger partial charge in [-0.15, -0.1) is 4.72 Å². The molecule has 2 heterocycles. The Balaban J connectivity index is 2.20. The largest absolute Gasteiger partial charge is 0.598 e. The fourth-order valence-corrected chi connectivity index (χ4v) is 4.17. The van der Waals surface area contributed by atoms with E-state index in [1.165, 1.54) is 0 Å². The van der Waals surface area contributed by atoms with Crippen molar-refractivity contribution >= 4 is 44.9 Å². The van der Waals surface area contributed by atoms with Gasteiger partial charge in [-0.1, -0.05) is 6.07 Å². The number of hydrogen-bond acceptors (Lipinski definition) is 5. The lowest BCUT2D eigenvalue weighted by Gasteiger charge is -2.27. The summed E-state index contributed by atoms with van der Waals surface area (Å²) in [5.74, 6) is 0.556. The highest BCUT2D eigenvalue weighted by molar-refractivity contribution is 14.1. The lowest BCUT2D eigenvalue weighted by atomic mass is 10.0. The van der Waals surface area contributed by atoms with E-state index in [2.05, 4.69) is 32.3 Å². The molecule has 3 aromatic rings. The average molecular weight is 524 g/mol. The van der Waals surface area contributed by atoms with Crippen molar-refractivity contribution in [2.45, 2.75) is 45.4 Å². The van der Waals surface area contributed by atoms with Gasteiger partial charge in [-0.2, -0.15) is 0 Å². The predicted molar refractivity (Wildman–Crippen MR) is 127 cm³/mol. The molecular formula is C21H25IN4O2S. The topological polar surface area (TPSA) is 82.9 Å². The van der Waals surface area contributed by atoms with Crippen LogP contribution in [0.25, 0.3) is 22.3 Å². The van der Waals surface area contributed by atoms with E-state index in [0.717, 1.165) is 20.4 Å². The van der Waals surface area contributed by atoms with E-state index < -0.39 is 16.1 Å². The number of hydrogen-bond donors (Lipinski definition) is 1. The van der Waals surface area contributed by atoms with Crippen molar-refractivity contribution in [3.05, 3.63) is 55.6 Å². The maximum atomic E-state index is 13.1. The summed E-state index contributed by atoms with van der Waals surface area (Å²) >= 11 is 0.900. The third-order valence-corrected chi connectivity index (χ3v) is 6.96. The van der Waals surface area contributed by atoms with Crippen molar-refractivity contribution in [3.8, 4) is 11.4 Å². The van der Waals surface area contributed by atoms with E-state index in [1.54, 1.807) is 17.8 Å². The van der Waals surface area contributed by atoms with E-state index in [0.29, 0.717) is 16.7 Å². The van der Waals surface area contributed by atoms with Crippen LogP contribution in [-0.2, 0) is 18.4 Å². The second-order valence-corrected chi connectivity index (χ2v) is 11.2. The molecule has 8 heteroatoms. The number of rotatable bonds is 4. The summed E-state index contributed by atoms with van der Waals surface area (Å²) < 4.78 is 17.8. The first-order valence-corrected chi connectivity index (χ1v) is 11.5. The van der Waals surface area contributed by atoms with Crippen LogP contribution in [0.4, 0.5) is 0 Å². The minimum atomic E-state index is -1.24. The molecule has 2 atom stereocenters. The fraction of sp³-hybridized carbons (Fsp3) is 0.381. The average Bonchev–Trinajstić information content (AvgIpc) is 2.64. The number of halogens is 1. The van der Waals surface area contributed by atoms with Crippen LogP contribution >= 0.6 is 22.6 Å². The molecule has 6 nitrogen and oxygen atoms in total. The molecule has 0 saturated heterocycles. The molecule has 0 aliphatic carbocycles. The molecular weight excluding hydrogens is 499 g/mol. The van der Waals surface area contributed by atoms with Crippen molar-refractivity contribution in [1.29, 1.82) is 0 Å². The number of benzene rings is 1. The van der Waals surface area contributed by atoms with Gasteiger partial charge in [-0.25, -0.2) is 9.97 Å². The second-order valence-electron chi connectivity index (χ2n) is 8.14. The first-order valence-electron chi connectivity index (χ1n) is 9.30. The standard InChI is InChI=1S/C21H25IN4O2S/c1-12-9-15(13(2)25-29(28)21(3,4)5)18-16(10-12)20(27)26(6)19(24-18)14-7-8-17(22)23-11-14/h7-11,13,25H,1-6H3/t13-,29?/m1/s1. The van der Waals surface area contributed by atoms with Gasteiger partial charge in [0, 0.05) is 35.7 Å². The Morgan fingerprint density at radius 2 is 1.97 bits per heavy atom. The molecule has 2 aromatic heterocycles. The zero-order valence-corrected chi connectivity index (χ0v) is 20.4. The Labute approximate surface area is 187 Å². The number of nitrogens with zero attached hydrogens (tertiary/aromatic N) is 3. The van der Waals surface area contributed by atoms with E-state index in [9.17, 15) is 9.35 Å². The van der Waals surface area contributed by atoms with Crippen LogP contribution in [0.3, 0.4) is 0 Å². The third kappa shape index (κ3) is 4.65. The van der Waals surface area contributed by atoms with Crippen LogP contribution < -0.4 is 10.3 Å². The highest BCUT2D eigenvalue weighted by atomic mass is 127. The lowest BCUT2D eigenvalue weighted by Crippen LogP contribution is -2.40. The van der Waals surface area contributed by atoms with Crippen LogP contribution in [-0.4, -0.2) is 23.8 Å². The first kappa shape index (κ1) is 22.2. The molecule has 1 N–H and O–H groups in total. The van der Waals surface area contributed by atoms with Crippen molar-refractivity contribution in [1.82, 2.24) is 19.3 Å². The van der Waals surface area contributed by atoms with Crippen LogP contribution in [0.2, 0.25) is 0 Å². The molecule has 29 heavy (non-hydrogen) atoms. The van der Waals surface area contributed by atoms with Gasteiger partial charge in [-0.3, -0.25) is 9.36 Å². The summed E-state index contributed by atoms with van der Waals surface area (Å²) in [5, 5.41) is 0.555. The van der Waals surface area contributed by atoms with Crippen LogP contribution in [0.5, 0.6) is 0 Å². The molecule has 1 aromatic carbocycles. The van der Waals surface area contributed by atoms with Crippen molar-refractivity contribution in [3.63, 3.8) is 0 Å². The van der Waals surface area contributed by atoms with Crippen molar-refractivity contribution in [2.24, 2.45) is 7.05 Å². The maximum absolute atomic E-state index is 13.1. The van der Waals surface area contributed by atoms with Gasteiger partial charge in [0.1, 0.15) is 14.3 Å². The van der Waals surface area contributed by atoms with Crippen molar-refractivity contribution in [2.75, 3.05) is 0 Å². The zero-order valence-electron chi connectivity index (χ0n) is 17.4. The molecule has 0 saturated carbocycles. The van der Waals surface area contributed by atoms with Gasteiger partial charge < -0.3 is 4.55 Å². The summed E-state index contributed by atoms with van der Waals surface area (Å²) in [6, 6.07) is 7.42. The Hall–Kier alpha value is -1.49. The molecule has 0 amide bonds. The van der Waals surface area contributed by atoms with Gasteiger partial charge in [0.2, 0.25) is 0 Å². The Morgan fingerprint density at radius 1 is 1.28 bits per heavy atom. The molecule has 0 bridgehead atoms. The fourth-order valence-electron chi connectivity index (χ4n) is 3.05. The molecule has 0 radical (unpaired) electrons. The van der Waals surface area contributed by atoms with Gasteiger partial charge in [-0.05, 0) is 81.0 Å². The molecule has 3 rings (SSSR count). The predicted octanol–water partition coefficient (Wildman–Crippen LogP) is 4.02. The molecule has 0 spiro atoms. The van der Waals surface area contributed by atoms with E-state index in [4.69, 9.17) is 4.98 Å². The smallest absolute Gasteiger partial charge is 0.261 e. The normalized spacial score (nSPS) is 14.2. The van der Waals surface area contributed by atoms with Crippen LogP contribution in [0.15, 0.2) is 35.3 Å². The SMILES string of the molecule is Cc1cc([C@@H](C)N[S+]([O-])C(C)(C)C)c2nc(-c3ccc(I)nc3)n(C)c(=O)c2c1. The van der Waals surface area contributed by atoms with Crippen molar-refractivity contribution < 1.29 is 4.55 Å². The molecule has 154 valence electrons. The number of nitrogens with one attached hydrogen (secondary N) is 1. The Bertz CT molecular complexity index is 1110. The third-order valence-electron chi connectivity index (χ3n) is 4.65. The van der Waals surface area contributed by atoms with Gasteiger partial charge in [0.15, 0.2) is 0 Å². The van der Waals surface area contributed by atoms with E-state index in [1.807, 2.05) is 58.9 Å². The summed E-state index contributed by atoms with van der Waals surface area (Å²) in [6.45, 7) is 9.67. The summed E-state index contributed by atoms with van der Waals surface area (Å²) in [4.78, 5) is 22.3. The van der Waals surface area contributed by atoms with Gasteiger partial charge in [0.05, 0.1) is 16.9 Å². The Kier molecular flexibility index (Phi) is 6.38. The van der Waals surface area contributed by atoms with Gasteiger partial charge >= 0.3 is 0 Å². The summed E-state index contributed by atoms with van der Waals surface area (Å²) in [7, 11) is 1.72. The van der Waals surface area contributed by atoms with Gasteiger partial charge in [0.25, 0.3) is 5.56 Å². The van der Waals surface area contributed by atoms with E-state index >= 15 is 0 Å². The number of aryl methyl sites for hydroxylation is 1. The Morgan fingerprint density at radius 3 is 2.55 bits per heavy atom. The summed E-state index contributed by atoms with van der Waals surface area (Å²) in [6.07, 6.45) is 1.72. The number of fused-ring (bicyclic) bond motifs is 1. The highest BCUT2D eigenvalue weighted by Gasteiger charge is 2.29. The minimum Gasteiger partial charge on any atom is -0.598 e. The monoisotopic (exact) mass is 524 g/mol. The molecule has 1 unspecified atom stereocenters. The highest BCUT2D eigenvalue weighted by Crippen LogP contribution is 2.27. The quantitative estimate of drug-likeness (QED) is 0.317. The zero-order chi connectivity index (χ0) is 21.5. The van der Waals surface area contributed by atoms with Crippen LogP contribution in [0.1, 0.15) is 44.9 Å². The maximum Gasteiger partial charge on any atom is 0.261 e. The second kappa shape index (κ2) is 8.33. The minimum absolute atomic E-state index is 0.113. The first-order chi connectivity index (χ1) is 13.5. The number of aromatic nitrogens is 3.